The first-order valence-electron chi connectivity index (χ1n) is 8.94. The van der Waals surface area contributed by atoms with Gasteiger partial charge in [0.1, 0.15) is 17.4 Å². The molecule has 4 rings (SSSR count). The van der Waals surface area contributed by atoms with Crippen LogP contribution in [0.5, 0.6) is 11.6 Å². The normalized spacial score (nSPS) is 11.3. The van der Waals surface area contributed by atoms with Crippen molar-refractivity contribution in [1.82, 2.24) is 14.5 Å². The third-order valence-electron chi connectivity index (χ3n) is 4.11. The quantitative estimate of drug-likeness (QED) is 0.464. The number of sulfonamides is 1. The van der Waals surface area contributed by atoms with Crippen LogP contribution in [0.2, 0.25) is 5.02 Å². The van der Waals surface area contributed by atoms with Gasteiger partial charge in [-0.05, 0) is 61.5 Å². The molecule has 7 nitrogen and oxygen atoms in total. The highest BCUT2D eigenvalue weighted by atomic mass is 35.5. The Labute approximate surface area is 179 Å². The number of benzene rings is 2. The lowest BCUT2D eigenvalue weighted by atomic mass is 10.3. The van der Waals surface area contributed by atoms with E-state index < -0.39 is 10.0 Å². The second-order valence-electron chi connectivity index (χ2n) is 6.39. The van der Waals surface area contributed by atoms with Gasteiger partial charge in [0, 0.05) is 29.2 Å². The molecule has 30 heavy (non-hydrogen) atoms. The molecule has 9 heteroatoms. The third-order valence-corrected chi connectivity index (χ3v) is 5.72. The van der Waals surface area contributed by atoms with E-state index in [-0.39, 0.29) is 4.90 Å². The molecule has 0 aliphatic heterocycles. The van der Waals surface area contributed by atoms with Crippen LogP contribution in [0.4, 0.5) is 5.69 Å². The summed E-state index contributed by atoms with van der Waals surface area (Å²) in [5.41, 5.74) is 0.397. The summed E-state index contributed by atoms with van der Waals surface area (Å²) in [6.45, 7) is 1.79. The van der Waals surface area contributed by atoms with Gasteiger partial charge in [-0.15, -0.1) is 0 Å². The molecule has 0 spiro atoms. The molecule has 0 saturated carbocycles. The van der Waals surface area contributed by atoms with Crippen LogP contribution in [-0.2, 0) is 10.0 Å². The van der Waals surface area contributed by atoms with E-state index >= 15 is 0 Å². The summed E-state index contributed by atoms with van der Waals surface area (Å²) in [7, 11) is -3.74. The van der Waals surface area contributed by atoms with Gasteiger partial charge in [-0.2, -0.15) is 4.98 Å². The summed E-state index contributed by atoms with van der Waals surface area (Å²) >= 11 is 5.89. The molecule has 0 saturated heterocycles. The van der Waals surface area contributed by atoms with Crippen LogP contribution in [0.25, 0.3) is 5.82 Å². The predicted molar refractivity (Wildman–Crippen MR) is 115 cm³/mol. The lowest BCUT2D eigenvalue weighted by Crippen LogP contribution is -2.12. The molecule has 0 aliphatic rings. The predicted octanol–water partition coefficient (Wildman–Crippen LogP) is 4.82. The van der Waals surface area contributed by atoms with Crippen molar-refractivity contribution in [2.75, 3.05) is 4.72 Å². The second kappa shape index (κ2) is 8.17. The largest absolute Gasteiger partial charge is 0.439 e. The minimum Gasteiger partial charge on any atom is -0.439 e. The van der Waals surface area contributed by atoms with Crippen LogP contribution >= 0.6 is 11.6 Å². The SMILES string of the molecule is Cc1nc(Oc2ccc(NS(=O)(=O)c3cccc(Cl)c3)cc2)cc(-n2cccc2)n1. The van der Waals surface area contributed by atoms with E-state index in [1.165, 1.54) is 12.1 Å². The van der Waals surface area contributed by atoms with Gasteiger partial charge in [0.2, 0.25) is 5.88 Å². The second-order valence-corrected chi connectivity index (χ2v) is 8.51. The van der Waals surface area contributed by atoms with Crippen molar-refractivity contribution in [1.29, 1.82) is 0 Å². The minimum absolute atomic E-state index is 0.0873. The highest BCUT2D eigenvalue weighted by molar-refractivity contribution is 7.92. The van der Waals surface area contributed by atoms with Crippen molar-refractivity contribution in [2.45, 2.75) is 11.8 Å². The van der Waals surface area contributed by atoms with Crippen molar-refractivity contribution in [3.63, 3.8) is 0 Å². The van der Waals surface area contributed by atoms with E-state index in [0.29, 0.717) is 34.0 Å². The molecular weight excluding hydrogens is 424 g/mol. The van der Waals surface area contributed by atoms with Crippen molar-refractivity contribution in [3.05, 3.63) is 90.0 Å². The molecule has 0 atom stereocenters. The van der Waals surface area contributed by atoms with E-state index in [9.17, 15) is 8.42 Å². The topological polar surface area (TPSA) is 86.1 Å². The Morgan fingerprint density at radius 1 is 0.967 bits per heavy atom. The van der Waals surface area contributed by atoms with Crippen molar-refractivity contribution < 1.29 is 13.2 Å². The van der Waals surface area contributed by atoms with Crippen LogP contribution in [-0.4, -0.2) is 23.0 Å². The third kappa shape index (κ3) is 4.61. The average Bonchev–Trinajstić information content (AvgIpc) is 3.24. The molecule has 1 N–H and O–H groups in total. The van der Waals surface area contributed by atoms with Crippen LogP contribution in [0.3, 0.4) is 0 Å². The molecule has 2 heterocycles. The fraction of sp³-hybridized carbons (Fsp3) is 0.0476. The van der Waals surface area contributed by atoms with E-state index in [2.05, 4.69) is 14.7 Å². The van der Waals surface area contributed by atoms with Gasteiger partial charge >= 0.3 is 0 Å². The number of nitrogens with zero attached hydrogens (tertiary/aromatic N) is 3. The fourth-order valence-corrected chi connectivity index (χ4v) is 4.12. The van der Waals surface area contributed by atoms with Crippen molar-refractivity contribution >= 4 is 27.3 Å². The van der Waals surface area contributed by atoms with E-state index in [0.717, 1.165) is 0 Å². The molecule has 2 aromatic carbocycles. The Balaban J connectivity index is 1.51. The average molecular weight is 441 g/mol. The summed E-state index contributed by atoms with van der Waals surface area (Å²) < 4.78 is 35.2. The molecule has 152 valence electrons. The zero-order valence-electron chi connectivity index (χ0n) is 15.9. The van der Waals surface area contributed by atoms with Gasteiger partial charge in [0.15, 0.2) is 0 Å². The maximum absolute atomic E-state index is 12.5. The number of hydrogen-bond donors (Lipinski definition) is 1. The standard InChI is InChI=1S/C21H17ClN4O3S/c1-15-23-20(26-11-2-3-12-26)14-21(24-15)29-18-9-7-17(8-10-18)25-30(27,28)19-6-4-5-16(22)13-19/h2-14,25H,1H3. The lowest BCUT2D eigenvalue weighted by molar-refractivity contribution is 0.459. The van der Waals surface area contributed by atoms with Gasteiger partial charge in [0.25, 0.3) is 10.0 Å². The molecular formula is C21H17ClN4O3S. The van der Waals surface area contributed by atoms with Gasteiger partial charge < -0.3 is 9.30 Å². The van der Waals surface area contributed by atoms with E-state index in [1.54, 1.807) is 49.4 Å². The van der Waals surface area contributed by atoms with E-state index in [1.807, 2.05) is 29.1 Å². The first-order valence-corrected chi connectivity index (χ1v) is 10.8. The monoisotopic (exact) mass is 440 g/mol. The smallest absolute Gasteiger partial charge is 0.261 e. The Morgan fingerprint density at radius 2 is 1.70 bits per heavy atom. The van der Waals surface area contributed by atoms with Gasteiger partial charge in [0.05, 0.1) is 4.90 Å². The number of aryl methyl sites for hydroxylation is 1. The Hall–Kier alpha value is -3.36. The maximum Gasteiger partial charge on any atom is 0.261 e. The fourth-order valence-electron chi connectivity index (χ4n) is 2.76. The molecule has 0 radical (unpaired) electrons. The van der Waals surface area contributed by atoms with Crippen LogP contribution in [0.1, 0.15) is 5.82 Å². The number of anilines is 1. The Kier molecular flexibility index (Phi) is 5.43. The molecule has 0 amide bonds. The maximum atomic E-state index is 12.5. The van der Waals surface area contributed by atoms with Crippen LogP contribution < -0.4 is 9.46 Å². The zero-order valence-corrected chi connectivity index (χ0v) is 17.4. The van der Waals surface area contributed by atoms with Crippen LogP contribution in [0.15, 0.2) is 84.0 Å². The number of hydrogen-bond acceptors (Lipinski definition) is 5. The number of ether oxygens (including phenoxy) is 1. The zero-order chi connectivity index (χ0) is 21.1. The summed E-state index contributed by atoms with van der Waals surface area (Å²) in [6.07, 6.45) is 3.76. The van der Waals surface area contributed by atoms with Gasteiger partial charge in [-0.1, -0.05) is 17.7 Å². The highest BCUT2D eigenvalue weighted by Crippen LogP contribution is 2.25. The first-order chi connectivity index (χ1) is 14.4. The molecule has 0 fully saturated rings. The van der Waals surface area contributed by atoms with Gasteiger partial charge in [-0.3, -0.25) is 4.72 Å². The number of halogens is 1. The van der Waals surface area contributed by atoms with Crippen molar-refractivity contribution in [2.24, 2.45) is 0 Å². The molecule has 2 aromatic heterocycles. The van der Waals surface area contributed by atoms with Crippen molar-refractivity contribution in [3.8, 4) is 17.4 Å². The van der Waals surface area contributed by atoms with E-state index in [4.69, 9.17) is 16.3 Å². The first kappa shape index (κ1) is 19.9. The highest BCUT2D eigenvalue weighted by Gasteiger charge is 2.14. The molecule has 4 aromatic rings. The molecule has 0 bridgehead atoms. The van der Waals surface area contributed by atoms with Gasteiger partial charge in [-0.25, -0.2) is 13.4 Å². The summed E-state index contributed by atoms with van der Waals surface area (Å²) in [6, 6.07) is 18.1. The summed E-state index contributed by atoms with van der Waals surface area (Å²) in [4.78, 5) is 8.78. The summed E-state index contributed by atoms with van der Waals surface area (Å²) in [5, 5.41) is 0.348. The number of nitrogens with one attached hydrogen (secondary N) is 1. The number of aromatic nitrogens is 3. The molecule has 0 unspecified atom stereocenters. The molecule has 0 aliphatic carbocycles. The van der Waals surface area contributed by atoms with Crippen LogP contribution in [0, 0.1) is 6.92 Å². The lowest BCUT2D eigenvalue weighted by Gasteiger charge is -2.11. The Bertz CT molecular complexity index is 1270. The number of rotatable bonds is 6. The summed E-state index contributed by atoms with van der Waals surface area (Å²) in [5.74, 6) is 2.16. The Morgan fingerprint density at radius 3 is 2.40 bits per heavy atom. The minimum atomic E-state index is -3.74.